The fourth-order valence-electron chi connectivity index (χ4n) is 2.48. The Bertz CT molecular complexity index is 545. The third-order valence-corrected chi connectivity index (χ3v) is 4.06. The van der Waals surface area contributed by atoms with E-state index in [0.717, 1.165) is 23.7 Å². The Morgan fingerprint density at radius 1 is 1.30 bits per heavy atom. The molecule has 0 spiro atoms. The van der Waals surface area contributed by atoms with Crippen LogP contribution < -0.4 is 5.32 Å². The van der Waals surface area contributed by atoms with Crippen LogP contribution in [0.15, 0.2) is 29.6 Å². The van der Waals surface area contributed by atoms with E-state index in [1.54, 1.807) is 11.3 Å². The quantitative estimate of drug-likeness (QED) is 0.855. The molecule has 0 saturated heterocycles. The summed E-state index contributed by atoms with van der Waals surface area (Å²) in [5, 5.41) is 6.84. The molecule has 108 valence electrons. The van der Waals surface area contributed by atoms with Crippen molar-refractivity contribution < 1.29 is 0 Å². The van der Waals surface area contributed by atoms with Crippen molar-refractivity contribution >= 4 is 11.3 Å². The van der Waals surface area contributed by atoms with Gasteiger partial charge < -0.3 is 5.32 Å². The van der Waals surface area contributed by atoms with Gasteiger partial charge in [0.15, 0.2) is 0 Å². The Morgan fingerprint density at radius 2 is 2.10 bits per heavy atom. The van der Waals surface area contributed by atoms with Crippen LogP contribution in [0.25, 0.3) is 0 Å². The minimum absolute atomic E-state index is 0.206. The highest BCUT2D eigenvalue weighted by atomic mass is 32.1. The van der Waals surface area contributed by atoms with Crippen LogP contribution in [-0.4, -0.2) is 11.5 Å². The Hall–Kier alpha value is -1.19. The predicted molar refractivity (Wildman–Crippen MR) is 87.4 cm³/mol. The summed E-state index contributed by atoms with van der Waals surface area (Å²) < 4.78 is 0. The summed E-state index contributed by atoms with van der Waals surface area (Å²) in [6.45, 7) is 9.67. The van der Waals surface area contributed by atoms with Gasteiger partial charge in [-0.2, -0.15) is 0 Å². The van der Waals surface area contributed by atoms with Crippen LogP contribution in [0, 0.1) is 12.8 Å². The number of aromatic nitrogens is 1. The summed E-state index contributed by atoms with van der Waals surface area (Å²) in [5.41, 5.74) is 3.86. The van der Waals surface area contributed by atoms with E-state index in [0.29, 0.717) is 5.92 Å². The molecular weight excluding hydrogens is 264 g/mol. The third kappa shape index (κ3) is 3.90. The second kappa shape index (κ2) is 7.00. The molecule has 1 aromatic heterocycles. The van der Waals surface area contributed by atoms with E-state index in [4.69, 9.17) is 0 Å². The predicted octanol–water partition coefficient (Wildman–Crippen LogP) is 4.35. The largest absolute Gasteiger partial charge is 0.305 e. The maximum Gasteiger partial charge on any atom is 0.0898 e. The second-order valence-electron chi connectivity index (χ2n) is 5.63. The molecular formula is C17H24N2S. The van der Waals surface area contributed by atoms with Gasteiger partial charge in [-0.15, -0.1) is 11.3 Å². The number of thiazole rings is 1. The first-order valence-corrected chi connectivity index (χ1v) is 8.22. The van der Waals surface area contributed by atoms with Crippen molar-refractivity contribution in [2.24, 2.45) is 5.92 Å². The molecule has 0 aliphatic rings. The van der Waals surface area contributed by atoms with Gasteiger partial charge in [-0.05, 0) is 36.9 Å². The molecule has 0 amide bonds. The smallest absolute Gasteiger partial charge is 0.0898 e. The standard InChI is InChI=1S/C17H24N2S/c1-5-18-17(16-11-20-13(4)19-16)15-8-6-7-14(10-15)9-12(2)3/h6-8,10-12,17-18H,5,9H2,1-4H3. The van der Waals surface area contributed by atoms with E-state index in [9.17, 15) is 0 Å². The van der Waals surface area contributed by atoms with E-state index in [1.807, 2.05) is 0 Å². The molecule has 1 atom stereocenters. The first kappa shape index (κ1) is 15.2. The Morgan fingerprint density at radius 3 is 2.70 bits per heavy atom. The molecule has 2 rings (SSSR count). The topological polar surface area (TPSA) is 24.9 Å². The molecule has 1 unspecified atom stereocenters. The highest BCUT2D eigenvalue weighted by Crippen LogP contribution is 2.24. The van der Waals surface area contributed by atoms with Crippen molar-refractivity contribution in [2.45, 2.75) is 40.2 Å². The van der Waals surface area contributed by atoms with Gasteiger partial charge in [0.05, 0.1) is 16.7 Å². The van der Waals surface area contributed by atoms with Crippen LogP contribution in [-0.2, 0) is 6.42 Å². The molecule has 0 saturated carbocycles. The van der Waals surface area contributed by atoms with Crippen molar-refractivity contribution in [3.8, 4) is 0 Å². The highest BCUT2D eigenvalue weighted by molar-refractivity contribution is 7.09. The minimum atomic E-state index is 0.206. The first-order valence-electron chi connectivity index (χ1n) is 7.34. The van der Waals surface area contributed by atoms with E-state index in [-0.39, 0.29) is 6.04 Å². The zero-order valence-electron chi connectivity index (χ0n) is 12.8. The number of benzene rings is 1. The number of aryl methyl sites for hydroxylation is 1. The number of hydrogen-bond acceptors (Lipinski definition) is 3. The molecule has 0 fully saturated rings. The lowest BCUT2D eigenvalue weighted by molar-refractivity contribution is 0.613. The van der Waals surface area contributed by atoms with Gasteiger partial charge in [-0.1, -0.05) is 45.0 Å². The minimum Gasteiger partial charge on any atom is -0.305 e. The summed E-state index contributed by atoms with van der Waals surface area (Å²) in [7, 11) is 0. The van der Waals surface area contributed by atoms with E-state index >= 15 is 0 Å². The number of nitrogens with one attached hydrogen (secondary N) is 1. The molecule has 0 aliphatic heterocycles. The Kier molecular flexibility index (Phi) is 5.32. The molecule has 20 heavy (non-hydrogen) atoms. The summed E-state index contributed by atoms with van der Waals surface area (Å²) in [6, 6.07) is 9.11. The van der Waals surface area contributed by atoms with Gasteiger partial charge in [-0.3, -0.25) is 0 Å². The van der Waals surface area contributed by atoms with Gasteiger partial charge in [0, 0.05) is 5.38 Å². The molecule has 1 heterocycles. The Labute approximate surface area is 126 Å². The van der Waals surface area contributed by atoms with Crippen LogP contribution in [0.2, 0.25) is 0 Å². The third-order valence-electron chi connectivity index (χ3n) is 3.27. The number of rotatable bonds is 6. The fourth-order valence-corrected chi connectivity index (χ4v) is 3.12. The molecule has 0 bridgehead atoms. The molecule has 2 aromatic rings. The van der Waals surface area contributed by atoms with E-state index < -0.39 is 0 Å². The van der Waals surface area contributed by atoms with Crippen LogP contribution in [0.3, 0.4) is 0 Å². The fraction of sp³-hybridized carbons (Fsp3) is 0.471. The second-order valence-corrected chi connectivity index (χ2v) is 6.69. The zero-order valence-corrected chi connectivity index (χ0v) is 13.6. The highest BCUT2D eigenvalue weighted by Gasteiger charge is 2.16. The lowest BCUT2D eigenvalue weighted by Crippen LogP contribution is -2.22. The van der Waals surface area contributed by atoms with Crippen LogP contribution in [0.5, 0.6) is 0 Å². The lowest BCUT2D eigenvalue weighted by Gasteiger charge is -2.17. The van der Waals surface area contributed by atoms with Gasteiger partial charge in [0.2, 0.25) is 0 Å². The normalized spacial score (nSPS) is 12.8. The van der Waals surface area contributed by atoms with Crippen molar-refractivity contribution in [2.75, 3.05) is 6.54 Å². The summed E-state index contributed by atoms with van der Waals surface area (Å²) in [5.74, 6) is 0.685. The van der Waals surface area contributed by atoms with Crippen molar-refractivity contribution in [3.63, 3.8) is 0 Å². The summed E-state index contributed by atoms with van der Waals surface area (Å²) >= 11 is 1.72. The van der Waals surface area contributed by atoms with Crippen LogP contribution in [0.4, 0.5) is 0 Å². The maximum atomic E-state index is 4.65. The SMILES string of the molecule is CCNC(c1cccc(CC(C)C)c1)c1csc(C)n1. The van der Waals surface area contributed by atoms with E-state index in [2.05, 4.69) is 67.6 Å². The lowest BCUT2D eigenvalue weighted by atomic mass is 9.97. The molecule has 0 radical (unpaired) electrons. The monoisotopic (exact) mass is 288 g/mol. The maximum absolute atomic E-state index is 4.65. The first-order chi connectivity index (χ1) is 9.60. The molecule has 1 N–H and O–H groups in total. The average molecular weight is 288 g/mol. The summed E-state index contributed by atoms with van der Waals surface area (Å²) in [6.07, 6.45) is 1.13. The molecule has 2 nitrogen and oxygen atoms in total. The molecule has 0 aliphatic carbocycles. The molecule has 3 heteroatoms. The van der Waals surface area contributed by atoms with Gasteiger partial charge in [0.25, 0.3) is 0 Å². The van der Waals surface area contributed by atoms with E-state index in [1.165, 1.54) is 11.1 Å². The van der Waals surface area contributed by atoms with Crippen molar-refractivity contribution in [1.82, 2.24) is 10.3 Å². The Balaban J connectivity index is 2.29. The van der Waals surface area contributed by atoms with Gasteiger partial charge >= 0.3 is 0 Å². The molecule has 1 aromatic carbocycles. The average Bonchev–Trinajstić information content (AvgIpc) is 2.82. The van der Waals surface area contributed by atoms with Gasteiger partial charge in [0.1, 0.15) is 0 Å². The number of hydrogen-bond donors (Lipinski definition) is 1. The van der Waals surface area contributed by atoms with Crippen molar-refractivity contribution in [1.29, 1.82) is 0 Å². The van der Waals surface area contributed by atoms with Crippen molar-refractivity contribution in [3.05, 3.63) is 51.5 Å². The van der Waals surface area contributed by atoms with Gasteiger partial charge in [-0.25, -0.2) is 4.98 Å². The summed E-state index contributed by atoms with van der Waals surface area (Å²) in [4.78, 5) is 4.65. The zero-order chi connectivity index (χ0) is 14.5. The van der Waals surface area contributed by atoms with Crippen LogP contribution >= 0.6 is 11.3 Å². The van der Waals surface area contributed by atoms with Crippen LogP contribution in [0.1, 0.15) is 48.6 Å². The number of nitrogens with zero attached hydrogens (tertiary/aromatic N) is 1.